The van der Waals surface area contributed by atoms with Gasteiger partial charge >= 0.3 is 5.97 Å². The standard InChI is InChI=1S/C5H8N2O2/c1-4(2-6)7-3-5(8)9/h4,7H,3H2,1H3,(H,8,9). The zero-order chi connectivity index (χ0) is 7.28. The largest absolute Gasteiger partial charge is 0.480 e. The van der Waals surface area contributed by atoms with Crippen molar-refractivity contribution in [3.63, 3.8) is 0 Å². The van der Waals surface area contributed by atoms with Crippen LogP contribution in [0.2, 0.25) is 0 Å². The lowest BCUT2D eigenvalue weighted by atomic mass is 10.4. The second kappa shape index (κ2) is 3.87. The van der Waals surface area contributed by atoms with Crippen LogP contribution in [0.3, 0.4) is 0 Å². The molecule has 0 rings (SSSR count). The van der Waals surface area contributed by atoms with Gasteiger partial charge in [0.15, 0.2) is 0 Å². The number of aliphatic carboxylic acids is 1. The minimum absolute atomic E-state index is 0.158. The summed E-state index contributed by atoms with van der Waals surface area (Å²) in [5.41, 5.74) is 0. The molecule has 0 amide bonds. The van der Waals surface area contributed by atoms with Gasteiger partial charge in [0.25, 0.3) is 0 Å². The van der Waals surface area contributed by atoms with Crippen molar-refractivity contribution in [2.75, 3.05) is 6.54 Å². The van der Waals surface area contributed by atoms with Crippen LogP contribution in [0.1, 0.15) is 6.92 Å². The van der Waals surface area contributed by atoms with Crippen molar-refractivity contribution in [2.45, 2.75) is 13.0 Å². The molecule has 0 aliphatic heterocycles. The molecule has 0 bridgehead atoms. The Morgan fingerprint density at radius 1 is 2.00 bits per heavy atom. The highest BCUT2D eigenvalue weighted by Crippen LogP contribution is 1.73. The van der Waals surface area contributed by atoms with Gasteiger partial charge in [0.1, 0.15) is 0 Å². The Morgan fingerprint density at radius 3 is 2.89 bits per heavy atom. The van der Waals surface area contributed by atoms with Crippen LogP contribution in [0.5, 0.6) is 0 Å². The van der Waals surface area contributed by atoms with Crippen LogP contribution in [0, 0.1) is 11.3 Å². The number of carbonyl (C=O) groups is 1. The van der Waals surface area contributed by atoms with Gasteiger partial charge in [-0.3, -0.25) is 10.1 Å². The maximum atomic E-state index is 9.85. The Balaban J connectivity index is 3.30. The molecule has 0 saturated heterocycles. The molecule has 4 nitrogen and oxygen atoms in total. The van der Waals surface area contributed by atoms with Crippen LogP contribution in [-0.4, -0.2) is 23.7 Å². The number of hydrogen-bond acceptors (Lipinski definition) is 3. The molecule has 0 fully saturated rings. The average molecular weight is 128 g/mol. The Bertz CT molecular complexity index is 138. The number of nitrogens with one attached hydrogen (secondary N) is 1. The van der Waals surface area contributed by atoms with Gasteiger partial charge in [-0.15, -0.1) is 0 Å². The van der Waals surface area contributed by atoms with Crippen molar-refractivity contribution >= 4 is 5.97 Å². The van der Waals surface area contributed by atoms with Gasteiger partial charge in [-0.05, 0) is 6.92 Å². The molecule has 0 aromatic rings. The lowest BCUT2D eigenvalue weighted by molar-refractivity contribution is -0.136. The molecule has 9 heavy (non-hydrogen) atoms. The SMILES string of the molecule is CC(C#N)NCC(=O)O. The molecule has 0 saturated carbocycles. The summed E-state index contributed by atoms with van der Waals surface area (Å²) in [6.07, 6.45) is 0. The van der Waals surface area contributed by atoms with E-state index in [1.807, 2.05) is 6.07 Å². The summed E-state index contributed by atoms with van der Waals surface area (Å²) in [5, 5.41) is 18.7. The smallest absolute Gasteiger partial charge is 0.317 e. The topological polar surface area (TPSA) is 73.1 Å². The molecule has 1 atom stereocenters. The van der Waals surface area contributed by atoms with E-state index in [2.05, 4.69) is 5.32 Å². The average Bonchev–Trinajstić information content (AvgIpc) is 1.83. The lowest BCUT2D eigenvalue weighted by Crippen LogP contribution is -2.29. The Morgan fingerprint density at radius 2 is 2.56 bits per heavy atom. The van der Waals surface area contributed by atoms with Crippen molar-refractivity contribution in [1.82, 2.24) is 5.32 Å². The van der Waals surface area contributed by atoms with E-state index in [-0.39, 0.29) is 12.6 Å². The molecular formula is C5H8N2O2. The number of rotatable bonds is 3. The van der Waals surface area contributed by atoms with E-state index in [0.29, 0.717) is 0 Å². The normalized spacial score (nSPS) is 12.0. The number of nitriles is 1. The van der Waals surface area contributed by atoms with Crippen LogP contribution >= 0.6 is 0 Å². The highest BCUT2D eigenvalue weighted by atomic mass is 16.4. The van der Waals surface area contributed by atoms with E-state index in [1.54, 1.807) is 6.92 Å². The number of carboxylic acids is 1. The van der Waals surface area contributed by atoms with Crippen LogP contribution in [0.4, 0.5) is 0 Å². The van der Waals surface area contributed by atoms with Crippen molar-refractivity contribution in [1.29, 1.82) is 5.26 Å². The summed E-state index contributed by atoms with van der Waals surface area (Å²) < 4.78 is 0. The summed E-state index contributed by atoms with van der Waals surface area (Å²) >= 11 is 0. The summed E-state index contributed by atoms with van der Waals surface area (Å²) in [5.74, 6) is -0.947. The van der Waals surface area contributed by atoms with E-state index in [1.165, 1.54) is 0 Å². The van der Waals surface area contributed by atoms with E-state index < -0.39 is 5.97 Å². The van der Waals surface area contributed by atoms with Gasteiger partial charge in [0.2, 0.25) is 0 Å². The predicted octanol–water partition coefficient (Wildman–Crippen LogP) is -0.427. The number of carboxylic acid groups (broad SMARTS) is 1. The van der Waals surface area contributed by atoms with Gasteiger partial charge < -0.3 is 5.11 Å². The predicted molar refractivity (Wildman–Crippen MR) is 30.7 cm³/mol. The Kier molecular flexibility index (Phi) is 3.40. The first kappa shape index (κ1) is 7.92. The van der Waals surface area contributed by atoms with Crippen LogP contribution < -0.4 is 5.32 Å². The highest BCUT2D eigenvalue weighted by Gasteiger charge is 1.99. The van der Waals surface area contributed by atoms with E-state index in [0.717, 1.165) is 0 Å². The van der Waals surface area contributed by atoms with Crippen LogP contribution in [0.25, 0.3) is 0 Å². The molecule has 0 heterocycles. The minimum atomic E-state index is -0.947. The van der Waals surface area contributed by atoms with E-state index in [4.69, 9.17) is 10.4 Å². The van der Waals surface area contributed by atoms with Crippen molar-refractivity contribution in [2.24, 2.45) is 0 Å². The molecule has 50 valence electrons. The van der Waals surface area contributed by atoms with Gasteiger partial charge in [0, 0.05) is 0 Å². The van der Waals surface area contributed by atoms with Gasteiger partial charge in [-0.2, -0.15) is 5.26 Å². The van der Waals surface area contributed by atoms with Crippen molar-refractivity contribution in [3.05, 3.63) is 0 Å². The minimum Gasteiger partial charge on any atom is -0.480 e. The summed E-state index contributed by atoms with van der Waals surface area (Å²) in [6, 6.07) is 1.46. The number of hydrogen-bond donors (Lipinski definition) is 2. The molecule has 0 aromatic carbocycles. The van der Waals surface area contributed by atoms with Crippen molar-refractivity contribution < 1.29 is 9.90 Å². The first-order valence-corrected chi connectivity index (χ1v) is 2.51. The molecule has 4 heteroatoms. The zero-order valence-electron chi connectivity index (χ0n) is 5.09. The highest BCUT2D eigenvalue weighted by molar-refractivity contribution is 5.69. The summed E-state index contributed by atoms with van der Waals surface area (Å²) in [6.45, 7) is 1.44. The molecule has 2 N–H and O–H groups in total. The Labute approximate surface area is 53.1 Å². The molecule has 0 aromatic heterocycles. The van der Waals surface area contributed by atoms with Gasteiger partial charge in [-0.1, -0.05) is 0 Å². The zero-order valence-corrected chi connectivity index (χ0v) is 5.09. The third-order valence-electron chi connectivity index (χ3n) is 0.753. The fraction of sp³-hybridized carbons (Fsp3) is 0.600. The quantitative estimate of drug-likeness (QED) is 0.541. The lowest BCUT2D eigenvalue weighted by Gasteiger charge is -1.99. The second-order valence-corrected chi connectivity index (χ2v) is 1.63. The second-order valence-electron chi connectivity index (χ2n) is 1.63. The molecule has 0 radical (unpaired) electrons. The molecular weight excluding hydrogens is 120 g/mol. The maximum absolute atomic E-state index is 9.85. The van der Waals surface area contributed by atoms with E-state index >= 15 is 0 Å². The summed E-state index contributed by atoms with van der Waals surface area (Å²) in [4.78, 5) is 9.85. The van der Waals surface area contributed by atoms with Gasteiger partial charge in [-0.25, -0.2) is 0 Å². The fourth-order valence-electron chi connectivity index (χ4n) is 0.286. The molecule has 0 aliphatic rings. The Hall–Kier alpha value is -1.08. The first-order valence-electron chi connectivity index (χ1n) is 2.51. The molecule has 1 unspecified atom stereocenters. The number of nitrogens with zero attached hydrogens (tertiary/aromatic N) is 1. The van der Waals surface area contributed by atoms with Crippen molar-refractivity contribution in [3.8, 4) is 6.07 Å². The van der Waals surface area contributed by atoms with E-state index in [9.17, 15) is 4.79 Å². The maximum Gasteiger partial charge on any atom is 0.317 e. The van der Waals surface area contributed by atoms with Crippen LogP contribution in [0.15, 0.2) is 0 Å². The summed E-state index contributed by atoms with van der Waals surface area (Å²) in [7, 11) is 0. The third kappa shape index (κ3) is 4.78. The third-order valence-corrected chi connectivity index (χ3v) is 0.753. The fourth-order valence-corrected chi connectivity index (χ4v) is 0.286. The first-order chi connectivity index (χ1) is 4.16. The van der Waals surface area contributed by atoms with Crippen LogP contribution in [-0.2, 0) is 4.79 Å². The van der Waals surface area contributed by atoms with Gasteiger partial charge in [0.05, 0.1) is 18.7 Å². The monoisotopic (exact) mass is 128 g/mol. The molecule has 0 aliphatic carbocycles. The molecule has 0 spiro atoms.